The van der Waals surface area contributed by atoms with Gasteiger partial charge in [0.15, 0.2) is 17.3 Å². The first kappa shape index (κ1) is 18.5. The van der Waals surface area contributed by atoms with Crippen LogP contribution in [0.3, 0.4) is 0 Å². The van der Waals surface area contributed by atoms with Gasteiger partial charge in [0.05, 0.1) is 41.6 Å². The highest BCUT2D eigenvalue weighted by atomic mass is 19.1. The third-order valence-electron chi connectivity index (χ3n) is 5.05. The predicted octanol–water partition coefficient (Wildman–Crippen LogP) is 2.28. The van der Waals surface area contributed by atoms with Crippen LogP contribution >= 0.6 is 0 Å². The molecule has 4 heterocycles. The van der Waals surface area contributed by atoms with Crippen LogP contribution in [0.15, 0.2) is 36.1 Å². The molecule has 10 heteroatoms. The van der Waals surface area contributed by atoms with Crippen molar-refractivity contribution < 1.29 is 14.0 Å². The molecule has 1 N–H and O–H groups in total. The van der Waals surface area contributed by atoms with Crippen LogP contribution in [0.4, 0.5) is 4.39 Å². The van der Waals surface area contributed by atoms with Crippen molar-refractivity contribution >= 4 is 22.6 Å². The van der Waals surface area contributed by atoms with E-state index in [2.05, 4.69) is 25.1 Å². The Morgan fingerprint density at radius 1 is 1.31 bits per heavy atom. The second kappa shape index (κ2) is 7.27. The molecule has 1 saturated heterocycles. The van der Waals surface area contributed by atoms with Crippen LogP contribution in [0.2, 0.25) is 0 Å². The van der Waals surface area contributed by atoms with Gasteiger partial charge in [0.1, 0.15) is 0 Å². The monoisotopic (exact) mass is 393 g/mol. The zero-order valence-electron chi connectivity index (χ0n) is 15.5. The topological polar surface area (TPSA) is 101 Å². The molecule has 0 radical (unpaired) electrons. The number of hydrogen-bond donors (Lipinski definition) is 1. The van der Waals surface area contributed by atoms with E-state index in [-0.39, 0.29) is 22.3 Å². The van der Waals surface area contributed by atoms with Gasteiger partial charge in [0, 0.05) is 19.3 Å². The van der Waals surface area contributed by atoms with Gasteiger partial charge in [-0.25, -0.2) is 18.9 Å². The lowest BCUT2D eigenvalue weighted by Gasteiger charge is -2.28. The van der Waals surface area contributed by atoms with Gasteiger partial charge in [-0.05, 0) is 19.8 Å². The molecule has 1 aliphatic heterocycles. The summed E-state index contributed by atoms with van der Waals surface area (Å²) >= 11 is 0. The third kappa shape index (κ3) is 3.16. The number of carbonyl (C=O) groups is 2. The van der Waals surface area contributed by atoms with E-state index in [1.807, 2.05) is 0 Å². The Kier molecular flexibility index (Phi) is 4.64. The molecular formula is C19H16FN7O2. The second-order valence-electron chi connectivity index (χ2n) is 6.65. The minimum atomic E-state index is -0.791. The number of aromatic amines is 1. The lowest BCUT2D eigenvalue weighted by molar-refractivity contribution is -0.126. The maximum absolute atomic E-state index is 14.5. The summed E-state index contributed by atoms with van der Waals surface area (Å²) in [4.78, 5) is 37.3. The van der Waals surface area contributed by atoms with E-state index in [0.717, 1.165) is 11.8 Å². The van der Waals surface area contributed by atoms with Crippen molar-refractivity contribution in [2.24, 2.45) is 0 Å². The maximum Gasteiger partial charge on any atom is 0.295 e. The Hall–Kier alpha value is -3.87. The SMILES string of the molecule is [C-]#[N+]C(C)=C1CCN(C(=O)C(=O)c2c[nH]c3c(-n4ccnn4)ncc(F)c23)CC1. The molecule has 3 aromatic heterocycles. The number of nitrogens with one attached hydrogen (secondary N) is 1. The summed E-state index contributed by atoms with van der Waals surface area (Å²) in [5, 5.41) is 7.52. The number of pyridine rings is 1. The zero-order valence-corrected chi connectivity index (χ0v) is 15.5. The van der Waals surface area contributed by atoms with Crippen molar-refractivity contribution in [1.82, 2.24) is 29.9 Å². The molecule has 0 atom stereocenters. The van der Waals surface area contributed by atoms with E-state index in [9.17, 15) is 14.0 Å². The van der Waals surface area contributed by atoms with Gasteiger partial charge in [-0.2, -0.15) is 0 Å². The van der Waals surface area contributed by atoms with Gasteiger partial charge >= 0.3 is 0 Å². The Morgan fingerprint density at radius 2 is 2.07 bits per heavy atom. The number of piperidine rings is 1. The molecule has 1 aliphatic rings. The number of carbonyl (C=O) groups excluding carboxylic acids is 2. The molecule has 0 saturated carbocycles. The highest BCUT2D eigenvalue weighted by Crippen LogP contribution is 2.27. The molecule has 29 heavy (non-hydrogen) atoms. The average molecular weight is 393 g/mol. The highest BCUT2D eigenvalue weighted by Gasteiger charge is 2.29. The average Bonchev–Trinajstić information content (AvgIpc) is 3.43. The van der Waals surface area contributed by atoms with E-state index >= 15 is 0 Å². The summed E-state index contributed by atoms with van der Waals surface area (Å²) in [6.07, 6.45) is 6.39. The summed E-state index contributed by atoms with van der Waals surface area (Å²) < 4.78 is 15.8. The number of Topliss-reactive ketones (excluding diaryl/α,β-unsaturated/α-hetero) is 1. The quantitative estimate of drug-likeness (QED) is 0.418. The lowest BCUT2D eigenvalue weighted by atomic mass is 10.0. The van der Waals surface area contributed by atoms with Crippen LogP contribution in [0.25, 0.3) is 21.6 Å². The fraction of sp³-hybridized carbons (Fsp3) is 0.263. The number of likely N-dealkylation sites (tertiary alicyclic amines) is 1. The van der Waals surface area contributed by atoms with Crippen LogP contribution in [-0.2, 0) is 4.79 Å². The summed E-state index contributed by atoms with van der Waals surface area (Å²) in [5.41, 5.74) is 1.83. The van der Waals surface area contributed by atoms with Crippen molar-refractivity contribution in [3.63, 3.8) is 0 Å². The normalized spacial score (nSPS) is 14.1. The van der Waals surface area contributed by atoms with Crippen molar-refractivity contribution in [3.05, 3.63) is 58.9 Å². The first-order valence-corrected chi connectivity index (χ1v) is 8.93. The van der Waals surface area contributed by atoms with Crippen molar-refractivity contribution in [2.75, 3.05) is 13.1 Å². The standard InChI is InChI=1S/C19H16FN7O2/c1-11(21-2)12-3-6-26(7-4-12)19(29)17(28)13-9-22-16-15(13)14(20)10-23-18(16)27-8-5-24-25-27/h5,8-10,22H,3-4,6-7H2,1H3. The minimum absolute atomic E-state index is 0.00899. The van der Waals surface area contributed by atoms with Crippen molar-refractivity contribution in [3.8, 4) is 5.82 Å². The van der Waals surface area contributed by atoms with Gasteiger partial charge in [0.25, 0.3) is 11.7 Å². The van der Waals surface area contributed by atoms with Crippen LogP contribution < -0.4 is 0 Å². The van der Waals surface area contributed by atoms with Gasteiger partial charge < -0.3 is 9.88 Å². The van der Waals surface area contributed by atoms with E-state index in [0.29, 0.717) is 31.6 Å². The largest absolute Gasteiger partial charge is 0.357 e. The Labute approximate surface area is 164 Å². The number of fused-ring (bicyclic) bond motifs is 1. The number of rotatable bonds is 3. The number of hydrogen-bond acceptors (Lipinski definition) is 5. The van der Waals surface area contributed by atoms with Crippen LogP contribution in [0.5, 0.6) is 0 Å². The first-order chi connectivity index (χ1) is 14.0. The number of ketones is 1. The molecular weight excluding hydrogens is 377 g/mol. The van der Waals surface area contributed by atoms with Gasteiger partial charge in [0.2, 0.25) is 0 Å². The van der Waals surface area contributed by atoms with Gasteiger partial charge in [-0.1, -0.05) is 10.8 Å². The molecule has 1 fully saturated rings. The van der Waals surface area contributed by atoms with Crippen molar-refractivity contribution in [1.29, 1.82) is 0 Å². The Morgan fingerprint density at radius 3 is 2.72 bits per heavy atom. The highest BCUT2D eigenvalue weighted by molar-refractivity contribution is 6.45. The first-order valence-electron chi connectivity index (χ1n) is 8.93. The van der Waals surface area contributed by atoms with Crippen LogP contribution in [0.1, 0.15) is 30.1 Å². The summed E-state index contributed by atoms with van der Waals surface area (Å²) in [5.74, 6) is -1.92. The van der Waals surface area contributed by atoms with Crippen LogP contribution in [-0.4, -0.2) is 54.6 Å². The van der Waals surface area contributed by atoms with E-state index in [1.54, 1.807) is 6.92 Å². The van der Waals surface area contributed by atoms with E-state index in [1.165, 1.54) is 28.2 Å². The molecule has 3 aromatic rings. The molecule has 4 rings (SSSR count). The predicted molar refractivity (Wildman–Crippen MR) is 100 cm³/mol. The van der Waals surface area contributed by atoms with Gasteiger partial charge in [-0.3, -0.25) is 9.59 Å². The molecule has 0 bridgehead atoms. The Balaban J connectivity index is 1.64. The minimum Gasteiger partial charge on any atom is -0.357 e. The number of aromatic nitrogens is 5. The summed E-state index contributed by atoms with van der Waals surface area (Å²) in [6, 6.07) is 0. The molecule has 146 valence electrons. The van der Waals surface area contributed by atoms with Gasteiger partial charge in [-0.15, -0.1) is 5.10 Å². The number of amides is 1. The van der Waals surface area contributed by atoms with E-state index in [4.69, 9.17) is 6.57 Å². The number of H-pyrrole nitrogens is 1. The van der Waals surface area contributed by atoms with E-state index < -0.39 is 17.5 Å². The second-order valence-corrected chi connectivity index (χ2v) is 6.65. The molecule has 0 aliphatic carbocycles. The maximum atomic E-state index is 14.5. The molecule has 9 nitrogen and oxygen atoms in total. The number of nitrogens with zero attached hydrogens (tertiary/aromatic N) is 6. The van der Waals surface area contributed by atoms with Crippen molar-refractivity contribution in [2.45, 2.75) is 19.8 Å². The molecule has 1 amide bonds. The molecule has 0 spiro atoms. The number of halogens is 1. The zero-order chi connectivity index (χ0) is 20.5. The molecule has 0 unspecified atom stereocenters. The lowest BCUT2D eigenvalue weighted by Crippen LogP contribution is -2.40. The summed E-state index contributed by atoms with van der Waals surface area (Å²) in [7, 11) is 0. The smallest absolute Gasteiger partial charge is 0.295 e. The van der Waals surface area contributed by atoms with Crippen LogP contribution in [0, 0.1) is 12.4 Å². The fourth-order valence-electron chi connectivity index (χ4n) is 3.45. The number of allylic oxidation sites excluding steroid dienone is 1. The Bertz CT molecular complexity index is 1180. The summed E-state index contributed by atoms with van der Waals surface area (Å²) in [6.45, 7) is 9.54. The fourth-order valence-corrected chi connectivity index (χ4v) is 3.45. The molecule has 0 aromatic carbocycles. The third-order valence-corrected chi connectivity index (χ3v) is 5.05.